The van der Waals surface area contributed by atoms with Crippen LogP contribution in [-0.2, 0) is 12.7 Å². The first-order valence-electron chi connectivity index (χ1n) is 11.4. The summed E-state index contributed by atoms with van der Waals surface area (Å²) < 4.78 is 73.0. The Morgan fingerprint density at radius 2 is 1.74 bits per heavy atom. The largest absolute Gasteiger partial charge is 0.470 e. The molecule has 0 saturated heterocycles. The average Bonchev–Trinajstić information content (AvgIpc) is 2.84. The Labute approximate surface area is 198 Å². The second-order valence-corrected chi connectivity index (χ2v) is 8.46. The van der Waals surface area contributed by atoms with Crippen molar-refractivity contribution in [3.05, 3.63) is 75.8 Å². The molecule has 0 bridgehead atoms. The summed E-state index contributed by atoms with van der Waals surface area (Å²) in [7, 11) is 0. The van der Waals surface area contributed by atoms with Crippen molar-refractivity contribution in [1.29, 1.82) is 0 Å². The Hall–Kier alpha value is -3.30. The van der Waals surface area contributed by atoms with E-state index >= 15 is 0 Å². The molecule has 1 aromatic carbocycles. The van der Waals surface area contributed by atoms with Gasteiger partial charge in [-0.05, 0) is 36.5 Å². The van der Waals surface area contributed by atoms with E-state index in [1.807, 2.05) is 0 Å². The minimum absolute atomic E-state index is 0.194. The van der Waals surface area contributed by atoms with Crippen LogP contribution in [0.4, 0.5) is 22.0 Å². The molecule has 0 amide bonds. The van der Waals surface area contributed by atoms with E-state index in [9.17, 15) is 26.7 Å². The van der Waals surface area contributed by atoms with Gasteiger partial charge < -0.3 is 4.74 Å². The molecule has 4 rings (SSSR count). The summed E-state index contributed by atoms with van der Waals surface area (Å²) >= 11 is 0. The molecule has 0 unspecified atom stereocenters. The molecule has 0 radical (unpaired) electrons. The molecule has 1 saturated carbocycles. The van der Waals surface area contributed by atoms with Crippen LogP contribution in [0, 0.1) is 0 Å². The third kappa shape index (κ3) is 5.68. The van der Waals surface area contributed by atoms with Crippen LogP contribution in [0.15, 0.2) is 53.5 Å². The van der Waals surface area contributed by atoms with Gasteiger partial charge in [0, 0.05) is 11.8 Å². The lowest BCUT2D eigenvalue weighted by molar-refractivity contribution is -0.138. The molecule has 2 heterocycles. The first-order chi connectivity index (χ1) is 16.8. The molecule has 35 heavy (non-hydrogen) atoms. The highest BCUT2D eigenvalue weighted by Gasteiger charge is 2.35. The number of ether oxygens (including phenoxy) is 1. The quantitative estimate of drug-likeness (QED) is 0.375. The lowest BCUT2D eigenvalue weighted by atomic mass is 9.81. The van der Waals surface area contributed by atoms with E-state index in [0.717, 1.165) is 36.1 Å². The highest BCUT2D eigenvalue weighted by Crippen LogP contribution is 2.40. The van der Waals surface area contributed by atoms with Crippen molar-refractivity contribution >= 4 is 0 Å². The van der Waals surface area contributed by atoms with Crippen molar-refractivity contribution in [3.63, 3.8) is 0 Å². The van der Waals surface area contributed by atoms with Gasteiger partial charge in [-0.25, -0.2) is 13.5 Å². The number of nitrogens with zero attached hydrogens (tertiary/aromatic N) is 3. The predicted octanol–water partition coefficient (Wildman–Crippen LogP) is 6.06. The smallest absolute Gasteiger partial charge is 0.418 e. The minimum Gasteiger partial charge on any atom is -0.470 e. The third-order valence-electron chi connectivity index (χ3n) is 6.08. The van der Waals surface area contributed by atoms with Crippen LogP contribution in [0.5, 0.6) is 5.88 Å². The summed E-state index contributed by atoms with van der Waals surface area (Å²) in [6.07, 6.45) is -2.11. The number of rotatable bonds is 7. The fraction of sp³-hybridized carbons (Fsp3) is 0.400. The standard InChI is InChI=1S/C25H24F5N3O2/c26-20(27)15-35-23-21(16-8-3-1-4-9-16)22(17-10-5-2-6-11-17)24(34)33(32-23)14-19-18(25(28,29)30)12-7-13-31-19/h1,3-4,7-9,12-13,17,20H,2,5-6,10-11,14-15H2. The molecule has 3 aromatic rings. The second kappa shape index (κ2) is 10.5. The first-order valence-corrected chi connectivity index (χ1v) is 11.4. The van der Waals surface area contributed by atoms with Crippen LogP contribution in [0.1, 0.15) is 54.8 Å². The number of halogens is 5. The van der Waals surface area contributed by atoms with E-state index in [-0.39, 0.29) is 11.8 Å². The molecular weight excluding hydrogens is 469 g/mol. The van der Waals surface area contributed by atoms with Gasteiger partial charge in [-0.3, -0.25) is 9.78 Å². The molecule has 186 valence electrons. The van der Waals surface area contributed by atoms with E-state index in [0.29, 0.717) is 29.5 Å². The van der Waals surface area contributed by atoms with Crippen molar-refractivity contribution < 1.29 is 26.7 Å². The predicted molar refractivity (Wildman–Crippen MR) is 120 cm³/mol. The summed E-state index contributed by atoms with van der Waals surface area (Å²) in [5.74, 6) is -0.401. The van der Waals surface area contributed by atoms with Crippen molar-refractivity contribution in [2.45, 2.75) is 57.2 Å². The Kier molecular flexibility index (Phi) is 7.47. The molecule has 5 nitrogen and oxygen atoms in total. The summed E-state index contributed by atoms with van der Waals surface area (Å²) in [5.41, 5.74) is -0.732. The summed E-state index contributed by atoms with van der Waals surface area (Å²) in [6, 6.07) is 10.7. The number of benzene rings is 1. The van der Waals surface area contributed by atoms with E-state index in [1.165, 1.54) is 6.20 Å². The maximum atomic E-state index is 13.7. The topological polar surface area (TPSA) is 57.0 Å². The number of pyridine rings is 1. The Morgan fingerprint density at radius 3 is 2.40 bits per heavy atom. The molecule has 10 heteroatoms. The number of hydrogen-bond acceptors (Lipinski definition) is 4. The van der Waals surface area contributed by atoms with Crippen LogP contribution in [-0.4, -0.2) is 27.8 Å². The van der Waals surface area contributed by atoms with Crippen LogP contribution < -0.4 is 10.3 Å². The molecule has 1 fully saturated rings. The zero-order valence-electron chi connectivity index (χ0n) is 18.8. The van der Waals surface area contributed by atoms with E-state index < -0.39 is 42.6 Å². The van der Waals surface area contributed by atoms with Crippen molar-refractivity contribution in [2.75, 3.05) is 6.61 Å². The van der Waals surface area contributed by atoms with Crippen LogP contribution in [0.2, 0.25) is 0 Å². The van der Waals surface area contributed by atoms with Crippen LogP contribution in [0.3, 0.4) is 0 Å². The Bertz CT molecular complexity index is 1210. The lowest BCUT2D eigenvalue weighted by Crippen LogP contribution is -2.32. The fourth-order valence-corrected chi connectivity index (χ4v) is 4.53. The fourth-order valence-electron chi connectivity index (χ4n) is 4.53. The highest BCUT2D eigenvalue weighted by atomic mass is 19.4. The maximum absolute atomic E-state index is 13.7. The van der Waals surface area contributed by atoms with Gasteiger partial charge >= 0.3 is 6.18 Å². The van der Waals surface area contributed by atoms with Gasteiger partial charge in [0.05, 0.1) is 23.4 Å². The van der Waals surface area contributed by atoms with Crippen molar-refractivity contribution in [2.24, 2.45) is 0 Å². The average molecular weight is 493 g/mol. The van der Waals surface area contributed by atoms with Crippen molar-refractivity contribution in [3.8, 4) is 17.0 Å². The molecular formula is C25H24F5N3O2. The van der Waals surface area contributed by atoms with Gasteiger partial charge in [0.15, 0.2) is 6.61 Å². The maximum Gasteiger partial charge on any atom is 0.418 e. The van der Waals surface area contributed by atoms with Gasteiger partial charge in [0.25, 0.3) is 12.0 Å². The highest BCUT2D eigenvalue weighted by molar-refractivity contribution is 5.72. The van der Waals surface area contributed by atoms with Crippen molar-refractivity contribution in [1.82, 2.24) is 14.8 Å². The number of alkyl halides is 5. The van der Waals surface area contributed by atoms with E-state index in [2.05, 4.69) is 10.1 Å². The van der Waals surface area contributed by atoms with E-state index in [1.54, 1.807) is 30.3 Å². The Balaban J connectivity index is 1.92. The monoisotopic (exact) mass is 493 g/mol. The Morgan fingerprint density at radius 1 is 1.03 bits per heavy atom. The molecule has 0 aliphatic heterocycles. The molecule has 0 N–H and O–H groups in total. The second-order valence-electron chi connectivity index (χ2n) is 8.46. The zero-order chi connectivity index (χ0) is 25.0. The SMILES string of the molecule is O=c1c(C2CCCCC2)c(-c2ccccc2)c(OCC(F)F)nn1Cc1ncccc1C(F)(F)F. The van der Waals surface area contributed by atoms with Gasteiger partial charge in [-0.1, -0.05) is 49.6 Å². The molecule has 0 spiro atoms. The van der Waals surface area contributed by atoms with Gasteiger partial charge in [-0.2, -0.15) is 13.2 Å². The minimum atomic E-state index is -4.68. The normalized spacial score (nSPS) is 14.9. The summed E-state index contributed by atoms with van der Waals surface area (Å²) in [5, 5.41) is 4.14. The van der Waals surface area contributed by atoms with Gasteiger partial charge in [0.1, 0.15) is 0 Å². The zero-order valence-corrected chi connectivity index (χ0v) is 18.8. The van der Waals surface area contributed by atoms with Gasteiger partial charge in [-0.15, -0.1) is 5.10 Å². The summed E-state index contributed by atoms with van der Waals surface area (Å²) in [4.78, 5) is 17.5. The lowest BCUT2D eigenvalue weighted by Gasteiger charge is -2.26. The molecule has 1 aliphatic rings. The van der Waals surface area contributed by atoms with Gasteiger partial charge in [0.2, 0.25) is 5.88 Å². The van der Waals surface area contributed by atoms with Crippen LogP contribution in [0.25, 0.3) is 11.1 Å². The first kappa shape index (κ1) is 24.8. The molecule has 2 aromatic heterocycles. The number of hydrogen-bond donors (Lipinski definition) is 0. The van der Waals surface area contributed by atoms with Crippen LogP contribution >= 0.6 is 0 Å². The van der Waals surface area contributed by atoms with E-state index in [4.69, 9.17) is 4.74 Å². The molecule has 0 atom stereocenters. The summed E-state index contributed by atoms with van der Waals surface area (Å²) in [6.45, 7) is -1.54. The number of aromatic nitrogens is 3. The third-order valence-corrected chi connectivity index (χ3v) is 6.08. The molecule has 1 aliphatic carbocycles.